The number of amides is 1. The van der Waals surface area contributed by atoms with Crippen molar-refractivity contribution in [1.29, 1.82) is 0 Å². The van der Waals surface area contributed by atoms with Gasteiger partial charge < -0.3 is 14.7 Å². The van der Waals surface area contributed by atoms with Gasteiger partial charge >= 0.3 is 5.97 Å². The van der Waals surface area contributed by atoms with Crippen LogP contribution >= 0.6 is 0 Å². The summed E-state index contributed by atoms with van der Waals surface area (Å²) in [6, 6.07) is 5.70. The predicted octanol–water partition coefficient (Wildman–Crippen LogP) is 2.52. The number of hydrogen-bond acceptors (Lipinski definition) is 3. The molecule has 4 rings (SSSR count). The van der Waals surface area contributed by atoms with E-state index in [1.807, 2.05) is 4.90 Å². The second kappa shape index (κ2) is 6.06. The molecular formula is C19H21NO4. The Hall–Kier alpha value is -2.14. The van der Waals surface area contributed by atoms with Crippen molar-refractivity contribution >= 4 is 17.4 Å². The van der Waals surface area contributed by atoms with Crippen LogP contribution in [0.2, 0.25) is 0 Å². The van der Waals surface area contributed by atoms with E-state index in [1.165, 1.54) is 0 Å². The van der Waals surface area contributed by atoms with Gasteiger partial charge in [0.25, 0.3) is 0 Å². The van der Waals surface area contributed by atoms with E-state index in [4.69, 9.17) is 4.74 Å². The number of hydrogen-bond donors (Lipinski definition) is 1. The summed E-state index contributed by atoms with van der Waals surface area (Å²) in [5, 5.41) is 9.36. The number of rotatable bonds is 4. The molecule has 0 radical (unpaired) electrons. The zero-order valence-corrected chi connectivity index (χ0v) is 13.5. The van der Waals surface area contributed by atoms with Gasteiger partial charge in [-0.2, -0.15) is 0 Å². The van der Waals surface area contributed by atoms with Crippen LogP contribution in [0.4, 0.5) is 0 Å². The van der Waals surface area contributed by atoms with Gasteiger partial charge in [-0.1, -0.05) is 12.1 Å². The molecule has 126 valence electrons. The highest BCUT2D eigenvalue weighted by Gasteiger charge is 2.31. The van der Waals surface area contributed by atoms with Crippen molar-refractivity contribution in [2.24, 2.45) is 5.92 Å². The van der Waals surface area contributed by atoms with E-state index in [1.54, 1.807) is 12.1 Å². The monoisotopic (exact) mass is 327 g/mol. The van der Waals surface area contributed by atoms with Gasteiger partial charge in [-0.25, -0.2) is 4.79 Å². The number of aromatic carboxylic acids is 1. The molecule has 2 heterocycles. The van der Waals surface area contributed by atoms with Crippen molar-refractivity contribution in [2.75, 3.05) is 26.3 Å². The molecule has 2 fully saturated rings. The number of nitrogens with zero attached hydrogens (tertiary/aromatic N) is 1. The third-order valence-electron chi connectivity index (χ3n) is 5.13. The van der Waals surface area contributed by atoms with Crippen LogP contribution in [0.15, 0.2) is 24.3 Å². The molecule has 5 nitrogen and oxygen atoms in total. The Morgan fingerprint density at radius 2 is 1.96 bits per heavy atom. The van der Waals surface area contributed by atoms with Crippen molar-refractivity contribution in [1.82, 2.24) is 4.90 Å². The first-order valence-corrected chi connectivity index (χ1v) is 8.56. The van der Waals surface area contributed by atoms with Gasteiger partial charge in [-0.05, 0) is 54.0 Å². The molecule has 0 bridgehead atoms. The van der Waals surface area contributed by atoms with E-state index >= 15 is 0 Å². The predicted molar refractivity (Wildman–Crippen MR) is 88.9 cm³/mol. The topological polar surface area (TPSA) is 66.8 Å². The molecule has 0 spiro atoms. The normalized spacial score (nSPS) is 21.2. The summed E-state index contributed by atoms with van der Waals surface area (Å²) in [5.41, 5.74) is 3.64. The first kappa shape index (κ1) is 15.4. The van der Waals surface area contributed by atoms with Crippen LogP contribution in [0.3, 0.4) is 0 Å². The summed E-state index contributed by atoms with van der Waals surface area (Å²) >= 11 is 0. The first-order chi connectivity index (χ1) is 11.6. The maximum atomic E-state index is 12.3. The minimum Gasteiger partial charge on any atom is -0.478 e. The fraction of sp³-hybridized carbons (Fsp3) is 0.474. The highest BCUT2D eigenvalue weighted by Crippen LogP contribution is 2.41. The van der Waals surface area contributed by atoms with Gasteiger partial charge in [0.05, 0.1) is 24.7 Å². The molecule has 2 aliphatic heterocycles. The van der Waals surface area contributed by atoms with Crippen LogP contribution < -0.4 is 0 Å². The van der Waals surface area contributed by atoms with E-state index in [0.717, 1.165) is 36.0 Å². The highest BCUT2D eigenvalue weighted by molar-refractivity contribution is 5.89. The lowest BCUT2D eigenvalue weighted by Gasteiger charge is -2.33. The van der Waals surface area contributed by atoms with Gasteiger partial charge in [-0.3, -0.25) is 4.79 Å². The summed E-state index contributed by atoms with van der Waals surface area (Å²) in [4.78, 5) is 25.5. The number of carbonyl (C=O) groups is 2. The van der Waals surface area contributed by atoms with Crippen LogP contribution in [0.1, 0.15) is 46.7 Å². The zero-order valence-electron chi connectivity index (χ0n) is 13.5. The number of carbonyl (C=O) groups excluding carboxylic acids is 1. The van der Waals surface area contributed by atoms with Crippen molar-refractivity contribution in [3.05, 3.63) is 41.0 Å². The molecule has 1 aromatic rings. The lowest BCUT2D eigenvalue weighted by Crippen LogP contribution is -2.46. The zero-order chi connectivity index (χ0) is 16.7. The van der Waals surface area contributed by atoms with Crippen LogP contribution in [0.25, 0.3) is 5.57 Å². The molecular weight excluding hydrogens is 306 g/mol. The van der Waals surface area contributed by atoms with Crippen LogP contribution in [0, 0.1) is 5.92 Å². The second-order valence-corrected chi connectivity index (χ2v) is 6.92. The maximum absolute atomic E-state index is 12.3. The van der Waals surface area contributed by atoms with E-state index < -0.39 is 5.97 Å². The van der Waals surface area contributed by atoms with Crippen LogP contribution in [-0.4, -0.2) is 48.2 Å². The van der Waals surface area contributed by atoms with Gasteiger partial charge in [0, 0.05) is 13.1 Å². The largest absolute Gasteiger partial charge is 0.478 e. The quantitative estimate of drug-likeness (QED) is 0.923. The van der Waals surface area contributed by atoms with E-state index in [9.17, 15) is 14.7 Å². The molecule has 0 unspecified atom stereocenters. The Labute approximate surface area is 140 Å². The molecule has 1 saturated carbocycles. The summed E-state index contributed by atoms with van der Waals surface area (Å²) in [5.74, 6) is -0.160. The number of carboxylic acids is 1. The van der Waals surface area contributed by atoms with Crippen LogP contribution in [0.5, 0.6) is 0 Å². The smallest absolute Gasteiger partial charge is 0.335 e. The summed E-state index contributed by atoms with van der Waals surface area (Å²) in [6.07, 6.45) is 5.13. The lowest BCUT2D eigenvalue weighted by molar-refractivity contribution is -0.149. The Bertz CT molecular complexity index is 716. The van der Waals surface area contributed by atoms with Crippen molar-refractivity contribution < 1.29 is 19.4 Å². The SMILES string of the molecule is O=C(O)c1cc(C2=CCN(C(=O)C3COC3)CC2)cc(C2CC2)c1. The minimum atomic E-state index is -0.878. The molecule has 1 amide bonds. The average Bonchev–Trinajstić information content (AvgIpc) is 3.38. The Kier molecular flexibility index (Phi) is 3.88. The van der Waals surface area contributed by atoms with E-state index in [-0.39, 0.29) is 11.8 Å². The molecule has 1 N–H and O–H groups in total. The third kappa shape index (κ3) is 2.96. The molecule has 1 aromatic carbocycles. The fourth-order valence-electron chi connectivity index (χ4n) is 3.38. The molecule has 0 atom stereocenters. The molecule has 24 heavy (non-hydrogen) atoms. The van der Waals surface area contributed by atoms with Crippen molar-refractivity contribution in [3.63, 3.8) is 0 Å². The average molecular weight is 327 g/mol. The molecule has 5 heteroatoms. The van der Waals surface area contributed by atoms with E-state index in [0.29, 0.717) is 37.8 Å². The third-order valence-corrected chi connectivity index (χ3v) is 5.13. The maximum Gasteiger partial charge on any atom is 0.335 e. The lowest BCUT2D eigenvalue weighted by atomic mass is 9.93. The number of carboxylic acid groups (broad SMARTS) is 1. The number of ether oxygens (including phenoxy) is 1. The van der Waals surface area contributed by atoms with Crippen molar-refractivity contribution in [2.45, 2.75) is 25.2 Å². The van der Waals surface area contributed by atoms with Crippen molar-refractivity contribution in [3.8, 4) is 0 Å². The Balaban J connectivity index is 1.54. The van der Waals surface area contributed by atoms with Gasteiger partial charge in [0.1, 0.15) is 0 Å². The first-order valence-electron chi connectivity index (χ1n) is 8.56. The highest BCUT2D eigenvalue weighted by atomic mass is 16.5. The Morgan fingerprint density at radius 3 is 2.50 bits per heavy atom. The van der Waals surface area contributed by atoms with Crippen LogP contribution in [-0.2, 0) is 9.53 Å². The standard InChI is InChI=1S/C19H21NO4/c21-18(17-10-24-11-17)20-5-3-13(4-6-20)15-7-14(12-1-2-12)8-16(9-15)19(22)23/h3,7-9,12,17H,1-2,4-6,10-11H2,(H,22,23). The summed E-state index contributed by atoms with van der Waals surface area (Å²) in [6.45, 7) is 2.37. The van der Waals surface area contributed by atoms with Gasteiger partial charge in [-0.15, -0.1) is 0 Å². The molecule has 0 aromatic heterocycles. The van der Waals surface area contributed by atoms with Gasteiger partial charge in [0.2, 0.25) is 5.91 Å². The minimum absolute atomic E-state index is 0.0248. The molecule has 1 aliphatic carbocycles. The summed E-state index contributed by atoms with van der Waals surface area (Å²) in [7, 11) is 0. The van der Waals surface area contributed by atoms with Gasteiger partial charge in [0.15, 0.2) is 0 Å². The molecule has 1 saturated heterocycles. The second-order valence-electron chi connectivity index (χ2n) is 6.92. The van der Waals surface area contributed by atoms with E-state index in [2.05, 4.69) is 12.1 Å². The Morgan fingerprint density at radius 1 is 1.17 bits per heavy atom. The number of benzene rings is 1. The fourth-order valence-corrected chi connectivity index (χ4v) is 3.38. The summed E-state index contributed by atoms with van der Waals surface area (Å²) < 4.78 is 5.10. The molecule has 3 aliphatic rings.